The Hall–Kier alpha value is -1.74. The first-order valence-corrected chi connectivity index (χ1v) is 10.6. The maximum atomic E-state index is 11.8. The van der Waals surface area contributed by atoms with Gasteiger partial charge in [-0.1, -0.05) is 49.0 Å². The molecule has 0 saturated carbocycles. The fourth-order valence-corrected chi connectivity index (χ4v) is 4.04. The van der Waals surface area contributed by atoms with E-state index in [1.807, 2.05) is 17.9 Å². The average Bonchev–Trinajstić information content (AvgIpc) is 3.21. The third-order valence-corrected chi connectivity index (χ3v) is 5.79. The van der Waals surface area contributed by atoms with Crippen LogP contribution in [0.15, 0.2) is 69.4 Å². The van der Waals surface area contributed by atoms with Gasteiger partial charge in [-0.25, -0.2) is 0 Å². The van der Waals surface area contributed by atoms with E-state index in [-0.39, 0.29) is 35.9 Å². The number of carbonyl (C=O) groups excluding carboxylic acids is 1. The largest absolute Gasteiger partial charge is 0.352 e. The molecule has 7 heteroatoms. The van der Waals surface area contributed by atoms with Crippen LogP contribution in [0.1, 0.15) is 25.3 Å². The van der Waals surface area contributed by atoms with Crippen LogP contribution in [-0.4, -0.2) is 42.9 Å². The smallest absolute Gasteiger partial charge is 0.222 e. The number of halogens is 1. The van der Waals surface area contributed by atoms with Gasteiger partial charge in [0.25, 0.3) is 0 Å². The quantitative estimate of drug-likeness (QED) is 0.339. The molecule has 156 valence electrons. The second-order valence-electron chi connectivity index (χ2n) is 6.81. The summed E-state index contributed by atoms with van der Waals surface area (Å²) in [6, 6.07) is 19.2. The zero-order valence-corrected chi connectivity index (χ0v) is 20.1. The van der Waals surface area contributed by atoms with E-state index >= 15 is 0 Å². The van der Waals surface area contributed by atoms with Crippen LogP contribution in [0.4, 0.5) is 0 Å². The van der Waals surface area contributed by atoms with Gasteiger partial charge in [0.1, 0.15) is 0 Å². The summed E-state index contributed by atoms with van der Waals surface area (Å²) in [5, 5.41) is 6.80. The van der Waals surface area contributed by atoms with E-state index < -0.39 is 0 Å². The van der Waals surface area contributed by atoms with Gasteiger partial charge < -0.3 is 15.5 Å². The summed E-state index contributed by atoms with van der Waals surface area (Å²) >= 11 is 1.76. The minimum atomic E-state index is 0. The van der Waals surface area contributed by atoms with Gasteiger partial charge in [0.05, 0.1) is 0 Å². The number of amides is 1. The molecule has 2 aromatic rings. The van der Waals surface area contributed by atoms with Crippen molar-refractivity contribution in [2.24, 2.45) is 4.99 Å². The second-order valence-corrected chi connectivity index (χ2v) is 7.96. The molecule has 3 rings (SSSR count). The maximum Gasteiger partial charge on any atom is 0.222 e. The molecule has 1 atom stereocenters. The van der Waals surface area contributed by atoms with Crippen LogP contribution in [0, 0.1) is 0 Å². The highest BCUT2D eigenvalue weighted by atomic mass is 127. The van der Waals surface area contributed by atoms with Crippen LogP contribution in [0.5, 0.6) is 0 Å². The van der Waals surface area contributed by atoms with Gasteiger partial charge in [-0.3, -0.25) is 9.79 Å². The maximum absolute atomic E-state index is 11.8. The highest BCUT2D eigenvalue weighted by molar-refractivity contribution is 14.0. The van der Waals surface area contributed by atoms with E-state index in [4.69, 9.17) is 0 Å². The highest BCUT2D eigenvalue weighted by Crippen LogP contribution is 2.27. The number of benzene rings is 2. The molecule has 0 aliphatic carbocycles. The van der Waals surface area contributed by atoms with Crippen LogP contribution in [0.25, 0.3) is 0 Å². The number of nitrogens with zero attached hydrogens (tertiary/aromatic N) is 2. The van der Waals surface area contributed by atoms with Gasteiger partial charge in [-0.15, -0.1) is 24.0 Å². The number of aliphatic imine (C=N–C) groups is 1. The number of likely N-dealkylation sites (tertiary alicyclic amines) is 1. The van der Waals surface area contributed by atoms with Crippen LogP contribution in [0.2, 0.25) is 0 Å². The predicted octanol–water partition coefficient (Wildman–Crippen LogP) is 4.13. The lowest BCUT2D eigenvalue weighted by molar-refractivity contribution is -0.129. The zero-order valence-electron chi connectivity index (χ0n) is 16.9. The molecule has 0 radical (unpaired) electrons. The first-order valence-electron chi connectivity index (χ1n) is 9.74. The molecule has 0 spiro atoms. The standard InChI is InChI=1S/C22H28N4OS.HI/c1-3-21(27)26-14-13-18(16-26)25-22(23-2)24-15-17-9-11-20(12-10-17)28-19-7-5-4-6-8-19;/h4-12,18H,3,13-16H2,1-2H3,(H2,23,24,25);1H. The molecule has 1 fully saturated rings. The molecule has 1 aliphatic rings. The minimum Gasteiger partial charge on any atom is -0.352 e. The second kappa shape index (κ2) is 12.1. The van der Waals surface area contributed by atoms with E-state index in [0.29, 0.717) is 13.0 Å². The highest BCUT2D eigenvalue weighted by Gasteiger charge is 2.25. The molecule has 1 aliphatic heterocycles. The SMILES string of the molecule is CCC(=O)N1CCC(NC(=NC)NCc2ccc(Sc3ccccc3)cc2)C1.I. The van der Waals surface area contributed by atoms with E-state index in [9.17, 15) is 4.79 Å². The van der Waals surface area contributed by atoms with Crippen LogP contribution in [-0.2, 0) is 11.3 Å². The fraction of sp³-hybridized carbons (Fsp3) is 0.364. The van der Waals surface area contributed by atoms with Gasteiger partial charge in [0, 0.05) is 48.9 Å². The molecule has 1 amide bonds. The monoisotopic (exact) mass is 524 g/mol. The fourth-order valence-electron chi connectivity index (χ4n) is 3.20. The molecule has 1 saturated heterocycles. The Balaban J connectivity index is 0.00000300. The molecule has 1 unspecified atom stereocenters. The third-order valence-electron chi connectivity index (χ3n) is 4.77. The van der Waals surface area contributed by atoms with Crippen molar-refractivity contribution >= 4 is 47.6 Å². The van der Waals surface area contributed by atoms with Crippen molar-refractivity contribution in [3.05, 3.63) is 60.2 Å². The van der Waals surface area contributed by atoms with Crippen molar-refractivity contribution < 1.29 is 4.79 Å². The molecule has 2 N–H and O–H groups in total. The first kappa shape index (κ1) is 23.5. The number of guanidine groups is 1. The van der Waals surface area contributed by atoms with Gasteiger partial charge >= 0.3 is 0 Å². The first-order chi connectivity index (χ1) is 13.7. The average molecular weight is 524 g/mol. The van der Waals surface area contributed by atoms with Crippen LogP contribution in [0.3, 0.4) is 0 Å². The zero-order chi connectivity index (χ0) is 19.8. The molecular formula is C22H29IN4OS. The number of nitrogens with one attached hydrogen (secondary N) is 2. The summed E-state index contributed by atoms with van der Waals surface area (Å²) in [4.78, 5) is 20.5. The van der Waals surface area contributed by atoms with Crippen LogP contribution >= 0.6 is 35.7 Å². The Kier molecular flexibility index (Phi) is 9.80. The lowest BCUT2D eigenvalue weighted by atomic mass is 10.2. The molecule has 0 bridgehead atoms. The van der Waals surface area contributed by atoms with Crippen LogP contribution < -0.4 is 10.6 Å². The summed E-state index contributed by atoms with van der Waals surface area (Å²) in [5.41, 5.74) is 1.20. The summed E-state index contributed by atoms with van der Waals surface area (Å²) in [6.45, 7) is 4.19. The van der Waals surface area contributed by atoms with Gasteiger partial charge in [0.2, 0.25) is 5.91 Å². The Morgan fingerprint density at radius 3 is 2.48 bits per heavy atom. The minimum absolute atomic E-state index is 0. The number of hydrogen-bond acceptors (Lipinski definition) is 3. The number of rotatable bonds is 6. The van der Waals surface area contributed by atoms with Gasteiger partial charge in [0.15, 0.2) is 5.96 Å². The topological polar surface area (TPSA) is 56.7 Å². The Morgan fingerprint density at radius 1 is 1.14 bits per heavy atom. The molecule has 1 heterocycles. The van der Waals surface area contributed by atoms with Crippen molar-refractivity contribution in [2.75, 3.05) is 20.1 Å². The lowest BCUT2D eigenvalue weighted by Crippen LogP contribution is -2.44. The Morgan fingerprint density at radius 2 is 1.83 bits per heavy atom. The summed E-state index contributed by atoms with van der Waals surface area (Å²) < 4.78 is 0. The van der Waals surface area contributed by atoms with Gasteiger partial charge in [-0.05, 0) is 36.2 Å². The van der Waals surface area contributed by atoms with Crippen molar-refractivity contribution in [3.8, 4) is 0 Å². The number of carbonyl (C=O) groups is 1. The third kappa shape index (κ3) is 7.22. The summed E-state index contributed by atoms with van der Waals surface area (Å²) in [7, 11) is 1.78. The summed E-state index contributed by atoms with van der Waals surface area (Å²) in [6.07, 6.45) is 1.52. The van der Waals surface area contributed by atoms with E-state index in [1.165, 1.54) is 15.4 Å². The van der Waals surface area contributed by atoms with Gasteiger partial charge in [-0.2, -0.15) is 0 Å². The van der Waals surface area contributed by atoms with E-state index in [0.717, 1.165) is 25.5 Å². The van der Waals surface area contributed by atoms with Crippen molar-refractivity contribution in [1.29, 1.82) is 0 Å². The molecule has 5 nitrogen and oxygen atoms in total. The molecule has 2 aromatic carbocycles. The molecule has 29 heavy (non-hydrogen) atoms. The van der Waals surface area contributed by atoms with Crippen molar-refractivity contribution in [3.63, 3.8) is 0 Å². The Bertz CT molecular complexity index is 798. The molecule has 0 aromatic heterocycles. The van der Waals surface area contributed by atoms with E-state index in [2.05, 4.69) is 64.2 Å². The molecular weight excluding hydrogens is 495 g/mol. The predicted molar refractivity (Wildman–Crippen MR) is 131 cm³/mol. The lowest BCUT2D eigenvalue weighted by Gasteiger charge is -2.18. The number of hydrogen-bond donors (Lipinski definition) is 2. The van der Waals surface area contributed by atoms with E-state index in [1.54, 1.807) is 18.8 Å². The van der Waals surface area contributed by atoms with Crippen molar-refractivity contribution in [2.45, 2.75) is 42.1 Å². The summed E-state index contributed by atoms with van der Waals surface area (Å²) in [5.74, 6) is 0.999. The Labute approximate surface area is 194 Å². The normalized spacial score (nSPS) is 16.3. The van der Waals surface area contributed by atoms with Crippen molar-refractivity contribution in [1.82, 2.24) is 15.5 Å².